The molecular formula is C11H17NO. The predicted octanol–water partition coefficient (Wildman–Crippen LogP) is 2.50. The van der Waals surface area contributed by atoms with E-state index in [0.29, 0.717) is 5.75 Å². The Bertz CT molecular complexity index is 283. The fraction of sp³-hybridized carbons (Fsp3) is 0.455. The van der Waals surface area contributed by atoms with Crippen molar-refractivity contribution in [3.8, 4) is 5.75 Å². The molecule has 13 heavy (non-hydrogen) atoms. The van der Waals surface area contributed by atoms with Crippen molar-refractivity contribution in [1.82, 2.24) is 0 Å². The normalized spacial score (nSPS) is 12.8. The van der Waals surface area contributed by atoms with Crippen LogP contribution in [0.2, 0.25) is 0 Å². The Labute approximate surface area is 79.4 Å². The van der Waals surface area contributed by atoms with Gasteiger partial charge in [0.05, 0.1) is 0 Å². The second-order valence-corrected chi connectivity index (χ2v) is 3.44. The van der Waals surface area contributed by atoms with Gasteiger partial charge in [-0.25, -0.2) is 0 Å². The first kappa shape index (κ1) is 10.1. The fourth-order valence-electron chi connectivity index (χ4n) is 1.39. The molecule has 72 valence electrons. The van der Waals surface area contributed by atoms with Crippen LogP contribution in [0.4, 0.5) is 0 Å². The quantitative estimate of drug-likeness (QED) is 0.748. The summed E-state index contributed by atoms with van der Waals surface area (Å²) in [5.41, 5.74) is 7.94. The van der Waals surface area contributed by atoms with Crippen LogP contribution in [-0.2, 0) is 0 Å². The van der Waals surface area contributed by atoms with Crippen molar-refractivity contribution in [2.45, 2.75) is 32.7 Å². The van der Waals surface area contributed by atoms with Crippen LogP contribution in [0.5, 0.6) is 5.75 Å². The standard InChI is InChI=1S/C11H17NO/c1-3-4-10(12)9-5-6-11(13)8(2)7-9/h5-7,10,13H,3-4,12H2,1-2H3/t10-/m0/s1. The number of hydrogen-bond acceptors (Lipinski definition) is 2. The van der Waals surface area contributed by atoms with E-state index in [1.54, 1.807) is 6.07 Å². The smallest absolute Gasteiger partial charge is 0.118 e. The van der Waals surface area contributed by atoms with Gasteiger partial charge in [0.2, 0.25) is 0 Å². The Morgan fingerprint density at radius 1 is 1.46 bits per heavy atom. The molecule has 0 spiro atoms. The molecule has 1 rings (SSSR count). The average Bonchev–Trinajstić information content (AvgIpc) is 2.10. The van der Waals surface area contributed by atoms with Crippen LogP contribution in [0.3, 0.4) is 0 Å². The van der Waals surface area contributed by atoms with E-state index in [4.69, 9.17) is 5.73 Å². The third-order valence-corrected chi connectivity index (χ3v) is 2.25. The van der Waals surface area contributed by atoms with E-state index in [-0.39, 0.29) is 6.04 Å². The van der Waals surface area contributed by atoms with Crippen molar-refractivity contribution >= 4 is 0 Å². The summed E-state index contributed by atoms with van der Waals surface area (Å²) >= 11 is 0. The largest absolute Gasteiger partial charge is 0.508 e. The highest BCUT2D eigenvalue weighted by atomic mass is 16.3. The van der Waals surface area contributed by atoms with Crippen molar-refractivity contribution in [3.63, 3.8) is 0 Å². The third-order valence-electron chi connectivity index (χ3n) is 2.25. The first-order valence-corrected chi connectivity index (χ1v) is 4.70. The molecule has 2 nitrogen and oxygen atoms in total. The average molecular weight is 179 g/mol. The SMILES string of the molecule is CCC[C@H](N)c1ccc(O)c(C)c1. The van der Waals surface area contributed by atoms with E-state index >= 15 is 0 Å². The lowest BCUT2D eigenvalue weighted by atomic mass is 10.0. The maximum absolute atomic E-state index is 9.31. The zero-order valence-corrected chi connectivity index (χ0v) is 8.25. The number of phenolic OH excluding ortho intramolecular Hbond substituents is 1. The number of nitrogens with two attached hydrogens (primary N) is 1. The van der Waals surface area contributed by atoms with E-state index in [9.17, 15) is 5.11 Å². The lowest BCUT2D eigenvalue weighted by molar-refractivity contribution is 0.470. The molecule has 0 aliphatic rings. The topological polar surface area (TPSA) is 46.2 Å². The summed E-state index contributed by atoms with van der Waals surface area (Å²) in [7, 11) is 0. The molecule has 0 heterocycles. The first-order chi connectivity index (χ1) is 6.15. The minimum absolute atomic E-state index is 0.101. The van der Waals surface area contributed by atoms with Gasteiger partial charge in [0, 0.05) is 6.04 Å². The number of hydrogen-bond donors (Lipinski definition) is 2. The van der Waals surface area contributed by atoms with Gasteiger partial charge >= 0.3 is 0 Å². The summed E-state index contributed by atoms with van der Waals surface area (Å²) in [5, 5.41) is 9.31. The van der Waals surface area contributed by atoms with E-state index in [1.165, 1.54) is 0 Å². The highest BCUT2D eigenvalue weighted by molar-refractivity contribution is 5.36. The van der Waals surface area contributed by atoms with Gasteiger partial charge in [-0.2, -0.15) is 0 Å². The number of benzene rings is 1. The van der Waals surface area contributed by atoms with Gasteiger partial charge in [0.1, 0.15) is 5.75 Å². The van der Waals surface area contributed by atoms with E-state index in [1.807, 2.05) is 19.1 Å². The molecule has 1 atom stereocenters. The minimum atomic E-state index is 0.101. The zero-order chi connectivity index (χ0) is 9.84. The van der Waals surface area contributed by atoms with Crippen LogP contribution < -0.4 is 5.73 Å². The molecule has 0 fully saturated rings. The molecule has 1 aromatic carbocycles. The summed E-state index contributed by atoms with van der Waals surface area (Å²) in [6.45, 7) is 4.00. The van der Waals surface area contributed by atoms with Crippen molar-refractivity contribution in [2.75, 3.05) is 0 Å². The molecule has 1 aromatic rings. The Morgan fingerprint density at radius 3 is 2.69 bits per heavy atom. The highest BCUT2D eigenvalue weighted by Gasteiger charge is 2.05. The van der Waals surface area contributed by atoms with E-state index in [0.717, 1.165) is 24.0 Å². The third kappa shape index (κ3) is 2.46. The van der Waals surface area contributed by atoms with Gasteiger partial charge in [0.15, 0.2) is 0 Å². The van der Waals surface area contributed by atoms with Crippen molar-refractivity contribution in [2.24, 2.45) is 5.73 Å². The van der Waals surface area contributed by atoms with Gasteiger partial charge in [-0.3, -0.25) is 0 Å². The summed E-state index contributed by atoms with van der Waals surface area (Å²) < 4.78 is 0. The van der Waals surface area contributed by atoms with Crippen molar-refractivity contribution < 1.29 is 5.11 Å². The van der Waals surface area contributed by atoms with Crippen LogP contribution >= 0.6 is 0 Å². The Balaban J connectivity index is 2.84. The van der Waals surface area contributed by atoms with E-state index < -0.39 is 0 Å². The Morgan fingerprint density at radius 2 is 2.15 bits per heavy atom. The molecule has 0 saturated carbocycles. The van der Waals surface area contributed by atoms with Gasteiger partial charge in [-0.1, -0.05) is 25.5 Å². The molecule has 0 unspecified atom stereocenters. The van der Waals surface area contributed by atoms with Crippen molar-refractivity contribution in [1.29, 1.82) is 0 Å². The highest BCUT2D eigenvalue weighted by Crippen LogP contribution is 2.22. The summed E-state index contributed by atoms with van der Waals surface area (Å²) in [4.78, 5) is 0. The summed E-state index contributed by atoms with van der Waals surface area (Å²) in [6.07, 6.45) is 2.07. The maximum atomic E-state index is 9.31. The van der Waals surface area contributed by atoms with Crippen LogP contribution in [0, 0.1) is 6.92 Å². The Hall–Kier alpha value is -1.02. The van der Waals surface area contributed by atoms with Crippen molar-refractivity contribution in [3.05, 3.63) is 29.3 Å². The Kier molecular flexibility index (Phi) is 3.32. The zero-order valence-electron chi connectivity index (χ0n) is 8.25. The second kappa shape index (κ2) is 4.28. The van der Waals surface area contributed by atoms with Gasteiger partial charge in [0.25, 0.3) is 0 Å². The van der Waals surface area contributed by atoms with E-state index in [2.05, 4.69) is 6.92 Å². The minimum Gasteiger partial charge on any atom is -0.508 e. The van der Waals surface area contributed by atoms with Crippen LogP contribution in [-0.4, -0.2) is 5.11 Å². The predicted molar refractivity (Wildman–Crippen MR) is 54.7 cm³/mol. The molecule has 0 amide bonds. The molecule has 3 N–H and O–H groups in total. The number of aromatic hydroxyl groups is 1. The molecule has 0 bridgehead atoms. The lowest BCUT2D eigenvalue weighted by Crippen LogP contribution is -2.09. The van der Waals surface area contributed by atoms with Gasteiger partial charge in [-0.15, -0.1) is 0 Å². The van der Waals surface area contributed by atoms with Gasteiger partial charge in [-0.05, 0) is 30.5 Å². The monoisotopic (exact) mass is 179 g/mol. The summed E-state index contributed by atoms with van der Waals surface area (Å²) in [5.74, 6) is 0.340. The molecule has 0 aliphatic carbocycles. The maximum Gasteiger partial charge on any atom is 0.118 e. The molecule has 0 radical (unpaired) electrons. The fourth-order valence-corrected chi connectivity index (χ4v) is 1.39. The molecule has 0 aromatic heterocycles. The van der Waals surface area contributed by atoms with Crippen LogP contribution in [0.15, 0.2) is 18.2 Å². The number of aryl methyl sites for hydroxylation is 1. The molecule has 2 heteroatoms. The van der Waals surface area contributed by atoms with Gasteiger partial charge < -0.3 is 10.8 Å². The lowest BCUT2D eigenvalue weighted by Gasteiger charge is -2.11. The van der Waals surface area contributed by atoms with Crippen LogP contribution in [0.1, 0.15) is 36.9 Å². The van der Waals surface area contributed by atoms with Crippen LogP contribution in [0.25, 0.3) is 0 Å². The number of rotatable bonds is 3. The number of phenols is 1. The summed E-state index contributed by atoms with van der Waals surface area (Å²) in [6, 6.07) is 5.66. The molecular weight excluding hydrogens is 162 g/mol. The second-order valence-electron chi connectivity index (χ2n) is 3.44. The molecule has 0 aliphatic heterocycles. The first-order valence-electron chi connectivity index (χ1n) is 4.70. The molecule has 0 saturated heterocycles.